The number of pyridine rings is 1. The molecular weight excluding hydrogens is 450 g/mol. The molecule has 2 heterocycles. The van der Waals surface area contributed by atoms with Crippen molar-refractivity contribution in [1.82, 2.24) is 15.0 Å². The second-order valence-electron chi connectivity index (χ2n) is 9.23. The highest BCUT2D eigenvalue weighted by molar-refractivity contribution is 5.83. The number of benzene rings is 1. The molecule has 0 atom stereocenters. The maximum atomic E-state index is 12.9. The lowest BCUT2D eigenvalue weighted by Gasteiger charge is -2.23. The van der Waals surface area contributed by atoms with Gasteiger partial charge in [-0.05, 0) is 48.8 Å². The van der Waals surface area contributed by atoms with Crippen LogP contribution in [0.15, 0.2) is 48.9 Å². The molecule has 4 rings (SSSR count). The first-order valence-electron chi connectivity index (χ1n) is 12.6. The number of carbonyl (C=O) groups excluding carboxylic acids is 1. The second-order valence-corrected chi connectivity index (χ2v) is 9.23. The zero-order chi connectivity index (χ0) is 25.2. The third-order valence-electron chi connectivity index (χ3n) is 6.59. The average Bonchev–Trinajstić information content (AvgIpc) is 2.93. The Morgan fingerprint density at radius 2 is 1.83 bits per heavy atom. The minimum Gasteiger partial charge on any atom is -0.497 e. The fourth-order valence-electron chi connectivity index (χ4n) is 4.48. The van der Waals surface area contributed by atoms with Crippen LogP contribution in [0.1, 0.15) is 55.3 Å². The van der Waals surface area contributed by atoms with Gasteiger partial charge in [-0.3, -0.25) is 4.79 Å². The molecule has 186 valence electrons. The summed E-state index contributed by atoms with van der Waals surface area (Å²) in [5.41, 5.74) is 3.44. The van der Waals surface area contributed by atoms with Gasteiger partial charge in [-0.1, -0.05) is 31.4 Å². The van der Waals surface area contributed by atoms with Gasteiger partial charge in [0.25, 0.3) is 0 Å². The molecule has 0 spiro atoms. The lowest BCUT2D eigenvalue weighted by Crippen LogP contribution is -2.18. The smallest absolute Gasteiger partial charge is 0.150 e. The average molecular weight is 484 g/mol. The number of Topliss-reactive ketones (excluding diaryl/α,β-unsaturated/α-hetero) is 1. The summed E-state index contributed by atoms with van der Waals surface area (Å²) in [5.74, 6) is 5.32. The Labute approximate surface area is 213 Å². The van der Waals surface area contributed by atoms with Crippen molar-refractivity contribution in [2.75, 3.05) is 24.3 Å². The largest absolute Gasteiger partial charge is 0.497 e. The summed E-state index contributed by atoms with van der Waals surface area (Å²) in [7, 11) is 1.65. The predicted molar refractivity (Wildman–Crippen MR) is 143 cm³/mol. The van der Waals surface area contributed by atoms with Gasteiger partial charge in [0.1, 0.15) is 28.9 Å². The molecular formula is C29H33N5O2. The Hall–Kier alpha value is -3.92. The van der Waals surface area contributed by atoms with E-state index in [1.54, 1.807) is 25.7 Å². The topological polar surface area (TPSA) is 89.0 Å². The van der Waals surface area contributed by atoms with E-state index in [9.17, 15) is 4.79 Å². The Kier molecular flexibility index (Phi) is 8.87. The van der Waals surface area contributed by atoms with Gasteiger partial charge in [-0.2, -0.15) is 0 Å². The summed E-state index contributed by atoms with van der Waals surface area (Å²) in [6.07, 6.45) is 18.2. The van der Waals surface area contributed by atoms with E-state index >= 15 is 0 Å². The minimum absolute atomic E-state index is 0.185. The van der Waals surface area contributed by atoms with Crippen molar-refractivity contribution in [3.8, 4) is 18.1 Å². The van der Waals surface area contributed by atoms with Crippen LogP contribution in [0.2, 0.25) is 0 Å². The number of anilines is 3. The summed E-state index contributed by atoms with van der Waals surface area (Å²) in [5, 5.41) is 6.79. The normalized spacial score (nSPS) is 13.6. The highest BCUT2D eigenvalue weighted by Gasteiger charge is 2.16. The molecule has 1 fully saturated rings. The fourth-order valence-corrected chi connectivity index (χ4v) is 4.48. The van der Waals surface area contributed by atoms with E-state index in [0.29, 0.717) is 42.5 Å². The SMILES string of the molecule is C#Cc1cnc(Nc2cc(NCC3CCCCC3)c(CC(=O)CCc3ccc(OC)cc3)cn2)cn1. The maximum absolute atomic E-state index is 12.9. The van der Waals surface area contributed by atoms with Gasteiger partial charge >= 0.3 is 0 Å². The Morgan fingerprint density at radius 1 is 1.06 bits per heavy atom. The van der Waals surface area contributed by atoms with Crippen LogP contribution in [0.3, 0.4) is 0 Å². The molecule has 0 saturated heterocycles. The molecule has 7 nitrogen and oxygen atoms in total. The van der Waals surface area contributed by atoms with E-state index in [4.69, 9.17) is 11.2 Å². The van der Waals surface area contributed by atoms with E-state index in [-0.39, 0.29) is 5.78 Å². The molecule has 0 aliphatic heterocycles. The Morgan fingerprint density at radius 3 is 2.53 bits per heavy atom. The molecule has 0 bridgehead atoms. The summed E-state index contributed by atoms with van der Waals surface area (Å²) >= 11 is 0. The molecule has 2 aromatic heterocycles. The molecule has 1 saturated carbocycles. The van der Waals surface area contributed by atoms with Crippen molar-refractivity contribution >= 4 is 23.1 Å². The van der Waals surface area contributed by atoms with Crippen molar-refractivity contribution < 1.29 is 9.53 Å². The van der Waals surface area contributed by atoms with Gasteiger partial charge in [-0.15, -0.1) is 6.42 Å². The summed E-state index contributed by atoms with van der Waals surface area (Å²) < 4.78 is 5.21. The van der Waals surface area contributed by atoms with E-state index in [2.05, 4.69) is 31.5 Å². The first kappa shape index (κ1) is 25.2. The zero-order valence-electron chi connectivity index (χ0n) is 20.8. The summed E-state index contributed by atoms with van der Waals surface area (Å²) in [6, 6.07) is 9.81. The standard InChI is InChI=1S/C29H33N5O2/c1-3-24-19-33-29(20-30-24)34-28-16-27(31-17-22-7-5-4-6-8-22)23(18-32-28)15-25(35)12-9-21-10-13-26(36-2)14-11-21/h1,10-11,13-14,16,18-20,22H,4-9,12,15,17H2,2H3,(H2,31,32,33,34). The number of carbonyl (C=O) groups is 1. The molecule has 3 aromatic rings. The number of rotatable bonds is 11. The van der Waals surface area contributed by atoms with Crippen LogP contribution >= 0.6 is 0 Å². The van der Waals surface area contributed by atoms with Gasteiger partial charge < -0.3 is 15.4 Å². The van der Waals surface area contributed by atoms with Gasteiger partial charge in [-0.25, -0.2) is 15.0 Å². The number of terminal acetylenes is 1. The first-order chi connectivity index (χ1) is 17.6. The number of nitrogens with one attached hydrogen (secondary N) is 2. The van der Waals surface area contributed by atoms with Gasteiger partial charge in [0.2, 0.25) is 0 Å². The number of hydrogen-bond donors (Lipinski definition) is 2. The number of methoxy groups -OCH3 is 1. The molecule has 7 heteroatoms. The zero-order valence-corrected chi connectivity index (χ0v) is 20.8. The number of ketones is 1. The van der Waals surface area contributed by atoms with Crippen LogP contribution in [0, 0.1) is 18.3 Å². The summed E-state index contributed by atoms with van der Waals surface area (Å²) in [6.45, 7) is 0.896. The van der Waals surface area contributed by atoms with Gasteiger partial charge in [0.15, 0.2) is 0 Å². The Bertz CT molecular complexity index is 1180. The predicted octanol–water partition coefficient (Wildman–Crippen LogP) is 5.34. The van der Waals surface area contributed by atoms with Crippen LogP contribution in [0.5, 0.6) is 5.75 Å². The molecule has 2 N–H and O–H groups in total. The maximum Gasteiger partial charge on any atom is 0.150 e. The molecule has 1 aromatic carbocycles. The summed E-state index contributed by atoms with van der Waals surface area (Å²) in [4.78, 5) is 25.9. The van der Waals surface area contributed by atoms with Crippen molar-refractivity contribution in [3.05, 3.63) is 65.7 Å². The lowest BCUT2D eigenvalue weighted by molar-refractivity contribution is -0.118. The fraction of sp³-hybridized carbons (Fsp3) is 0.379. The van der Waals surface area contributed by atoms with Crippen LogP contribution in [-0.2, 0) is 17.6 Å². The van der Waals surface area contributed by atoms with Crippen molar-refractivity contribution in [2.24, 2.45) is 5.92 Å². The Balaban J connectivity index is 1.43. The van der Waals surface area contributed by atoms with E-state index in [1.807, 2.05) is 30.3 Å². The van der Waals surface area contributed by atoms with E-state index in [1.165, 1.54) is 32.1 Å². The first-order valence-corrected chi connectivity index (χ1v) is 12.6. The van der Waals surface area contributed by atoms with Crippen LogP contribution < -0.4 is 15.4 Å². The number of aryl methyl sites for hydroxylation is 1. The van der Waals surface area contributed by atoms with Gasteiger partial charge in [0, 0.05) is 42.9 Å². The van der Waals surface area contributed by atoms with Crippen molar-refractivity contribution in [2.45, 2.75) is 51.4 Å². The molecule has 0 radical (unpaired) electrons. The van der Waals surface area contributed by atoms with E-state index < -0.39 is 0 Å². The van der Waals surface area contributed by atoms with Crippen LogP contribution in [0.25, 0.3) is 0 Å². The second kappa shape index (κ2) is 12.7. The monoisotopic (exact) mass is 483 g/mol. The molecule has 36 heavy (non-hydrogen) atoms. The number of nitrogens with zero attached hydrogens (tertiary/aromatic N) is 3. The third-order valence-corrected chi connectivity index (χ3v) is 6.59. The molecule has 0 unspecified atom stereocenters. The molecule has 0 amide bonds. The van der Waals surface area contributed by atoms with E-state index in [0.717, 1.165) is 29.1 Å². The van der Waals surface area contributed by atoms with Crippen molar-refractivity contribution in [3.63, 3.8) is 0 Å². The lowest BCUT2D eigenvalue weighted by atomic mass is 9.89. The minimum atomic E-state index is 0.185. The highest BCUT2D eigenvalue weighted by atomic mass is 16.5. The van der Waals surface area contributed by atoms with Crippen molar-refractivity contribution in [1.29, 1.82) is 0 Å². The third kappa shape index (κ3) is 7.29. The number of aromatic nitrogens is 3. The van der Waals surface area contributed by atoms with Crippen LogP contribution in [-0.4, -0.2) is 34.4 Å². The quantitative estimate of drug-likeness (QED) is 0.356. The molecule has 1 aliphatic carbocycles. The highest BCUT2D eigenvalue weighted by Crippen LogP contribution is 2.27. The van der Waals surface area contributed by atoms with Gasteiger partial charge in [0.05, 0.1) is 19.5 Å². The van der Waals surface area contributed by atoms with Crippen LogP contribution in [0.4, 0.5) is 17.3 Å². The molecule has 1 aliphatic rings. The number of ether oxygens (including phenoxy) is 1. The number of hydrogen-bond acceptors (Lipinski definition) is 7.